The first-order valence-electron chi connectivity index (χ1n) is 5.37. The van der Waals surface area contributed by atoms with Crippen molar-refractivity contribution >= 4 is 17.0 Å². The fourth-order valence-corrected chi connectivity index (χ4v) is 2.53. The van der Waals surface area contributed by atoms with Crippen LogP contribution in [-0.2, 0) is 24.5 Å². The van der Waals surface area contributed by atoms with Gasteiger partial charge in [-0.15, -0.1) is 11.3 Å². The Morgan fingerprint density at radius 2 is 2.12 bits per heavy atom. The summed E-state index contributed by atoms with van der Waals surface area (Å²) < 4.78 is 5.39. The molecule has 1 N–H and O–H groups in total. The Bertz CT molecular complexity index is 479. The first-order chi connectivity index (χ1) is 7.92. The van der Waals surface area contributed by atoms with Crippen molar-refractivity contribution in [2.24, 2.45) is 0 Å². The number of fused-ring (bicyclic) bond motifs is 1. The zero-order chi connectivity index (χ0) is 10.8. The Labute approximate surface area is 98.9 Å². The minimum atomic E-state index is 0.754. The lowest BCUT2D eigenvalue weighted by atomic mass is 10.1. The van der Waals surface area contributed by atoms with Crippen LogP contribution in [0.15, 0.2) is 35.7 Å². The van der Waals surface area contributed by atoms with Crippen molar-refractivity contribution in [3.63, 3.8) is 0 Å². The third-order valence-electron chi connectivity index (χ3n) is 2.77. The first-order valence-corrected chi connectivity index (χ1v) is 6.25. The van der Waals surface area contributed by atoms with Gasteiger partial charge in [0.2, 0.25) is 0 Å². The Balaban J connectivity index is 1.71. The summed E-state index contributed by atoms with van der Waals surface area (Å²) in [6, 6.07) is 10.7. The molecule has 2 heterocycles. The van der Waals surface area contributed by atoms with E-state index < -0.39 is 0 Å². The van der Waals surface area contributed by atoms with Crippen molar-refractivity contribution in [2.45, 2.75) is 19.8 Å². The molecule has 0 spiro atoms. The molecule has 2 nitrogen and oxygen atoms in total. The average Bonchev–Trinajstić information content (AvgIpc) is 2.97. The topological polar surface area (TPSA) is 21.3 Å². The van der Waals surface area contributed by atoms with Gasteiger partial charge >= 0.3 is 0 Å². The van der Waals surface area contributed by atoms with E-state index in [4.69, 9.17) is 4.74 Å². The summed E-state index contributed by atoms with van der Waals surface area (Å²) in [6.07, 6.45) is 0. The molecule has 0 saturated heterocycles. The molecule has 0 saturated carbocycles. The predicted molar refractivity (Wildman–Crippen MR) is 66.6 cm³/mol. The van der Waals surface area contributed by atoms with Crippen LogP contribution in [0.3, 0.4) is 0 Å². The van der Waals surface area contributed by atoms with Crippen LogP contribution >= 0.6 is 11.3 Å². The summed E-state index contributed by atoms with van der Waals surface area (Å²) in [5, 5.41) is 5.54. The van der Waals surface area contributed by atoms with E-state index in [1.54, 1.807) is 11.3 Å². The van der Waals surface area contributed by atoms with Gasteiger partial charge < -0.3 is 10.1 Å². The van der Waals surface area contributed by atoms with Gasteiger partial charge in [-0.1, -0.05) is 12.1 Å². The number of anilines is 1. The van der Waals surface area contributed by atoms with E-state index in [-0.39, 0.29) is 0 Å². The van der Waals surface area contributed by atoms with E-state index in [9.17, 15) is 0 Å². The van der Waals surface area contributed by atoms with E-state index in [1.165, 1.54) is 21.7 Å². The number of thiophene rings is 1. The van der Waals surface area contributed by atoms with Crippen molar-refractivity contribution in [1.29, 1.82) is 0 Å². The van der Waals surface area contributed by atoms with Gasteiger partial charge in [-0.3, -0.25) is 0 Å². The van der Waals surface area contributed by atoms with Crippen molar-refractivity contribution in [3.8, 4) is 0 Å². The number of hydrogen-bond donors (Lipinski definition) is 1. The second kappa shape index (κ2) is 4.28. The van der Waals surface area contributed by atoms with Gasteiger partial charge in [0.05, 0.1) is 13.2 Å². The molecule has 82 valence electrons. The third-order valence-corrected chi connectivity index (χ3v) is 3.64. The highest BCUT2D eigenvalue weighted by molar-refractivity contribution is 7.09. The maximum absolute atomic E-state index is 5.39. The molecule has 0 amide bonds. The number of benzene rings is 1. The van der Waals surface area contributed by atoms with Gasteiger partial charge in [-0.25, -0.2) is 0 Å². The first kappa shape index (κ1) is 9.87. The summed E-state index contributed by atoms with van der Waals surface area (Å²) in [7, 11) is 0. The van der Waals surface area contributed by atoms with Crippen LogP contribution in [0.25, 0.3) is 0 Å². The summed E-state index contributed by atoms with van der Waals surface area (Å²) in [5.41, 5.74) is 3.82. The molecule has 0 bridgehead atoms. The predicted octanol–water partition coefficient (Wildman–Crippen LogP) is 3.39. The van der Waals surface area contributed by atoms with Crippen LogP contribution in [-0.4, -0.2) is 0 Å². The molecule has 0 aliphatic carbocycles. The summed E-state index contributed by atoms with van der Waals surface area (Å²) >= 11 is 1.78. The van der Waals surface area contributed by atoms with E-state index in [0.717, 1.165) is 19.8 Å². The summed E-state index contributed by atoms with van der Waals surface area (Å²) in [4.78, 5) is 1.36. The monoisotopic (exact) mass is 231 g/mol. The van der Waals surface area contributed by atoms with Crippen LogP contribution in [0.2, 0.25) is 0 Å². The summed E-state index contributed by atoms with van der Waals surface area (Å²) in [5.74, 6) is 0. The number of nitrogens with one attached hydrogen (secondary N) is 1. The SMILES string of the molecule is c1csc(CNc2ccc3c(c2)COC3)c1. The zero-order valence-corrected chi connectivity index (χ0v) is 9.72. The zero-order valence-electron chi connectivity index (χ0n) is 8.90. The lowest BCUT2D eigenvalue weighted by Gasteiger charge is -2.06. The maximum Gasteiger partial charge on any atom is 0.0725 e. The Morgan fingerprint density at radius 3 is 3.00 bits per heavy atom. The quantitative estimate of drug-likeness (QED) is 0.874. The fourth-order valence-electron chi connectivity index (χ4n) is 1.88. The molecule has 0 radical (unpaired) electrons. The average molecular weight is 231 g/mol. The molecule has 1 aromatic carbocycles. The van der Waals surface area contributed by atoms with Crippen molar-refractivity contribution in [2.75, 3.05) is 5.32 Å². The van der Waals surface area contributed by atoms with E-state index in [1.807, 2.05) is 0 Å². The second-order valence-electron chi connectivity index (χ2n) is 3.91. The smallest absolute Gasteiger partial charge is 0.0725 e. The van der Waals surface area contributed by atoms with Crippen LogP contribution in [0.4, 0.5) is 5.69 Å². The molecule has 0 unspecified atom stereocenters. The highest BCUT2D eigenvalue weighted by atomic mass is 32.1. The molecule has 16 heavy (non-hydrogen) atoms. The number of rotatable bonds is 3. The van der Waals surface area contributed by atoms with E-state index >= 15 is 0 Å². The standard InChI is InChI=1S/C13H13NOS/c1-2-13(16-5-1)7-14-12-4-3-10-8-15-9-11(10)6-12/h1-6,14H,7-9H2. The molecule has 1 aliphatic heterocycles. The Kier molecular flexibility index (Phi) is 2.64. The van der Waals surface area contributed by atoms with Gasteiger partial charge in [-0.05, 0) is 34.7 Å². The lowest BCUT2D eigenvalue weighted by Crippen LogP contribution is -1.98. The normalized spacial score (nSPS) is 13.8. The molecule has 3 rings (SSSR count). The van der Waals surface area contributed by atoms with Crippen LogP contribution in [0, 0.1) is 0 Å². The van der Waals surface area contributed by atoms with Crippen molar-refractivity contribution in [3.05, 3.63) is 51.7 Å². The van der Waals surface area contributed by atoms with Crippen LogP contribution in [0.5, 0.6) is 0 Å². The highest BCUT2D eigenvalue weighted by Gasteiger charge is 2.10. The molecular formula is C13H13NOS. The van der Waals surface area contributed by atoms with Gasteiger partial charge in [0.25, 0.3) is 0 Å². The van der Waals surface area contributed by atoms with E-state index in [0.29, 0.717) is 0 Å². The molecule has 0 atom stereocenters. The van der Waals surface area contributed by atoms with Crippen molar-refractivity contribution in [1.82, 2.24) is 0 Å². The molecular weight excluding hydrogens is 218 g/mol. The Morgan fingerprint density at radius 1 is 1.19 bits per heavy atom. The largest absolute Gasteiger partial charge is 0.380 e. The maximum atomic E-state index is 5.39. The van der Waals surface area contributed by atoms with Crippen LogP contribution < -0.4 is 5.32 Å². The summed E-state index contributed by atoms with van der Waals surface area (Å²) in [6.45, 7) is 2.42. The van der Waals surface area contributed by atoms with Crippen LogP contribution in [0.1, 0.15) is 16.0 Å². The molecule has 3 heteroatoms. The number of hydrogen-bond acceptors (Lipinski definition) is 3. The van der Waals surface area contributed by atoms with Gasteiger partial charge in [0.15, 0.2) is 0 Å². The third kappa shape index (κ3) is 1.96. The highest BCUT2D eigenvalue weighted by Crippen LogP contribution is 2.23. The number of ether oxygens (including phenoxy) is 1. The second-order valence-corrected chi connectivity index (χ2v) is 4.94. The molecule has 2 aromatic rings. The molecule has 1 aromatic heterocycles. The minimum absolute atomic E-state index is 0.754. The van der Waals surface area contributed by atoms with Crippen molar-refractivity contribution < 1.29 is 4.74 Å². The lowest BCUT2D eigenvalue weighted by molar-refractivity contribution is 0.134. The van der Waals surface area contributed by atoms with Gasteiger partial charge in [0, 0.05) is 17.1 Å². The molecule has 0 fully saturated rings. The van der Waals surface area contributed by atoms with Gasteiger partial charge in [-0.2, -0.15) is 0 Å². The molecule has 1 aliphatic rings. The van der Waals surface area contributed by atoms with E-state index in [2.05, 4.69) is 41.0 Å². The Hall–Kier alpha value is -1.32. The fraction of sp³-hybridized carbons (Fsp3) is 0.231. The minimum Gasteiger partial charge on any atom is -0.380 e. The van der Waals surface area contributed by atoms with Gasteiger partial charge in [0.1, 0.15) is 0 Å².